The van der Waals surface area contributed by atoms with E-state index in [0.717, 1.165) is 20.3 Å². The molecule has 100 valence electrons. The monoisotopic (exact) mass is 378 g/mol. The van der Waals surface area contributed by atoms with Gasteiger partial charge in [0, 0.05) is 16.6 Å². The fourth-order valence-corrected chi connectivity index (χ4v) is 2.85. The molecule has 3 N–H and O–H groups in total. The minimum Gasteiger partial charge on any atom is -0.495 e. The van der Waals surface area contributed by atoms with Gasteiger partial charge in [0.1, 0.15) is 5.75 Å². The molecule has 0 saturated heterocycles. The van der Waals surface area contributed by atoms with Gasteiger partial charge >= 0.3 is 0 Å². The summed E-state index contributed by atoms with van der Waals surface area (Å²) < 4.78 is 7.12. The molecule has 0 bridgehead atoms. The molecule has 18 heavy (non-hydrogen) atoms. The Balaban J connectivity index is 2.94. The number of nitrogens with one attached hydrogen (secondary N) is 1. The molecule has 0 unspecified atom stereocenters. The van der Waals surface area contributed by atoms with Crippen LogP contribution in [0.1, 0.15) is 19.4 Å². The van der Waals surface area contributed by atoms with E-state index in [9.17, 15) is 4.79 Å². The lowest BCUT2D eigenvalue weighted by atomic mass is 10.0. The van der Waals surface area contributed by atoms with Gasteiger partial charge in [0.05, 0.1) is 17.1 Å². The van der Waals surface area contributed by atoms with Crippen molar-refractivity contribution in [1.29, 1.82) is 0 Å². The molecule has 0 spiro atoms. The molecule has 0 heterocycles. The highest BCUT2D eigenvalue weighted by Crippen LogP contribution is 2.32. The number of amides is 1. The molecule has 1 aromatic carbocycles. The third kappa shape index (κ3) is 3.70. The maximum absolute atomic E-state index is 11.2. The molecule has 1 amide bonds. The van der Waals surface area contributed by atoms with Crippen LogP contribution in [0.25, 0.3) is 0 Å². The van der Waals surface area contributed by atoms with Gasteiger partial charge in [0.15, 0.2) is 0 Å². The minimum atomic E-state index is -0.764. The van der Waals surface area contributed by atoms with Gasteiger partial charge < -0.3 is 10.5 Å². The smallest absolute Gasteiger partial charge is 0.237 e. The van der Waals surface area contributed by atoms with Gasteiger partial charge in [-0.15, -0.1) is 0 Å². The lowest BCUT2D eigenvalue weighted by Gasteiger charge is -2.23. The number of rotatable bonds is 5. The zero-order chi connectivity index (χ0) is 13.9. The highest BCUT2D eigenvalue weighted by atomic mass is 79.9. The van der Waals surface area contributed by atoms with E-state index < -0.39 is 11.4 Å². The number of halogens is 2. The Hall–Kier alpha value is -0.590. The van der Waals surface area contributed by atoms with Crippen LogP contribution in [0, 0.1) is 0 Å². The average Bonchev–Trinajstić information content (AvgIpc) is 2.25. The Morgan fingerprint density at radius 1 is 1.44 bits per heavy atom. The summed E-state index contributed by atoms with van der Waals surface area (Å²) >= 11 is 6.85. The quantitative estimate of drug-likeness (QED) is 0.826. The number of carbonyl (C=O) groups excluding carboxylic acids is 1. The van der Waals surface area contributed by atoms with Crippen molar-refractivity contribution in [2.45, 2.75) is 25.9 Å². The molecule has 0 radical (unpaired) electrons. The normalized spacial score (nSPS) is 11.4. The van der Waals surface area contributed by atoms with Crippen molar-refractivity contribution in [2.75, 3.05) is 7.11 Å². The zero-order valence-electron chi connectivity index (χ0n) is 10.5. The maximum Gasteiger partial charge on any atom is 0.237 e. The second-order valence-electron chi connectivity index (χ2n) is 4.42. The second kappa shape index (κ2) is 6.04. The van der Waals surface area contributed by atoms with Gasteiger partial charge in [-0.2, -0.15) is 0 Å². The third-order valence-electron chi connectivity index (χ3n) is 2.63. The molecule has 0 aliphatic rings. The molecule has 0 fully saturated rings. The van der Waals surface area contributed by atoms with Gasteiger partial charge in [-0.3, -0.25) is 10.1 Å². The fourth-order valence-electron chi connectivity index (χ4n) is 1.38. The van der Waals surface area contributed by atoms with Crippen LogP contribution in [-0.2, 0) is 11.3 Å². The number of hydrogen-bond donors (Lipinski definition) is 2. The third-order valence-corrected chi connectivity index (χ3v) is 3.67. The molecule has 0 atom stereocenters. The first-order valence-electron chi connectivity index (χ1n) is 5.34. The average molecular weight is 380 g/mol. The van der Waals surface area contributed by atoms with E-state index in [1.165, 1.54) is 0 Å². The number of benzene rings is 1. The molecule has 1 rings (SSSR count). The zero-order valence-corrected chi connectivity index (χ0v) is 13.7. The predicted molar refractivity (Wildman–Crippen MR) is 78.5 cm³/mol. The first-order chi connectivity index (χ1) is 8.27. The van der Waals surface area contributed by atoms with E-state index in [1.807, 2.05) is 12.1 Å². The fraction of sp³-hybridized carbons (Fsp3) is 0.417. The predicted octanol–water partition coefficient (Wildman–Crippen LogP) is 2.57. The lowest BCUT2D eigenvalue weighted by molar-refractivity contribution is -0.123. The number of methoxy groups -OCH3 is 1. The highest BCUT2D eigenvalue weighted by Gasteiger charge is 2.24. The second-order valence-corrected chi connectivity index (χ2v) is 6.19. The number of ether oxygens (including phenoxy) is 1. The highest BCUT2D eigenvalue weighted by molar-refractivity contribution is 9.11. The summed E-state index contributed by atoms with van der Waals surface area (Å²) in [5.74, 6) is 0.349. The first-order valence-corrected chi connectivity index (χ1v) is 6.93. The van der Waals surface area contributed by atoms with Crippen molar-refractivity contribution < 1.29 is 9.53 Å². The molecule has 0 saturated carbocycles. The van der Waals surface area contributed by atoms with Crippen LogP contribution >= 0.6 is 31.9 Å². The van der Waals surface area contributed by atoms with E-state index in [1.54, 1.807) is 21.0 Å². The molecular weight excluding hydrogens is 364 g/mol. The Morgan fingerprint density at radius 3 is 2.56 bits per heavy atom. The summed E-state index contributed by atoms with van der Waals surface area (Å²) in [5, 5.41) is 3.11. The first kappa shape index (κ1) is 15.5. The van der Waals surface area contributed by atoms with Crippen LogP contribution in [0.3, 0.4) is 0 Å². The minimum absolute atomic E-state index is 0.393. The van der Waals surface area contributed by atoms with Crippen LogP contribution in [0.4, 0.5) is 0 Å². The summed E-state index contributed by atoms with van der Waals surface area (Å²) in [6.45, 7) is 3.97. The summed E-state index contributed by atoms with van der Waals surface area (Å²) in [6.07, 6.45) is 0. The van der Waals surface area contributed by atoms with Crippen molar-refractivity contribution in [3.05, 3.63) is 26.6 Å². The Morgan fingerprint density at radius 2 is 2.06 bits per heavy atom. The summed E-state index contributed by atoms with van der Waals surface area (Å²) in [6, 6.07) is 3.84. The van der Waals surface area contributed by atoms with Crippen LogP contribution in [-0.4, -0.2) is 18.6 Å². The van der Waals surface area contributed by atoms with Gasteiger partial charge in [0.2, 0.25) is 5.91 Å². The van der Waals surface area contributed by atoms with Gasteiger partial charge in [-0.25, -0.2) is 0 Å². The molecule has 0 aliphatic heterocycles. The SMILES string of the molecule is COc1c(Br)cc(Br)cc1CNC(C)(C)C(N)=O. The Bertz CT molecular complexity index is 462. The Labute approximate surface area is 124 Å². The van der Waals surface area contributed by atoms with Crippen LogP contribution in [0.5, 0.6) is 5.75 Å². The van der Waals surface area contributed by atoms with Crippen molar-refractivity contribution in [2.24, 2.45) is 5.73 Å². The lowest BCUT2D eigenvalue weighted by Crippen LogP contribution is -2.50. The number of hydrogen-bond acceptors (Lipinski definition) is 3. The molecule has 1 aromatic rings. The number of primary amides is 1. The summed E-state index contributed by atoms with van der Waals surface area (Å²) in [7, 11) is 1.61. The van der Waals surface area contributed by atoms with Gasteiger partial charge in [-0.1, -0.05) is 15.9 Å². The molecule has 0 aromatic heterocycles. The molecule has 6 heteroatoms. The van der Waals surface area contributed by atoms with Gasteiger partial charge in [0.25, 0.3) is 0 Å². The molecule has 4 nitrogen and oxygen atoms in total. The molecule has 0 aliphatic carbocycles. The maximum atomic E-state index is 11.2. The summed E-state index contributed by atoms with van der Waals surface area (Å²) in [5.41, 5.74) is 5.49. The topological polar surface area (TPSA) is 64.3 Å². The van der Waals surface area contributed by atoms with Crippen molar-refractivity contribution in [3.8, 4) is 5.75 Å². The number of nitrogens with two attached hydrogens (primary N) is 1. The van der Waals surface area contributed by atoms with Gasteiger partial charge in [-0.05, 0) is 41.9 Å². The van der Waals surface area contributed by atoms with Crippen molar-refractivity contribution in [1.82, 2.24) is 5.32 Å². The Kier molecular flexibility index (Phi) is 5.19. The number of carbonyl (C=O) groups is 1. The summed E-state index contributed by atoms with van der Waals surface area (Å²) in [4.78, 5) is 11.2. The van der Waals surface area contributed by atoms with E-state index in [0.29, 0.717) is 6.54 Å². The van der Waals surface area contributed by atoms with E-state index >= 15 is 0 Å². The largest absolute Gasteiger partial charge is 0.495 e. The van der Waals surface area contributed by atoms with Crippen molar-refractivity contribution >= 4 is 37.8 Å². The van der Waals surface area contributed by atoms with E-state index in [4.69, 9.17) is 10.5 Å². The van der Waals surface area contributed by atoms with E-state index in [2.05, 4.69) is 37.2 Å². The van der Waals surface area contributed by atoms with Crippen molar-refractivity contribution in [3.63, 3.8) is 0 Å². The standard InChI is InChI=1S/C12H16Br2N2O2/c1-12(2,11(15)17)16-6-7-4-8(13)5-9(14)10(7)18-3/h4-5,16H,6H2,1-3H3,(H2,15,17). The van der Waals surface area contributed by atoms with E-state index in [-0.39, 0.29) is 0 Å². The van der Waals surface area contributed by atoms with Crippen LogP contribution in [0.2, 0.25) is 0 Å². The van der Waals surface area contributed by atoms with Crippen LogP contribution in [0.15, 0.2) is 21.1 Å². The molecular formula is C12H16Br2N2O2. The van der Waals surface area contributed by atoms with Crippen LogP contribution < -0.4 is 15.8 Å².